The van der Waals surface area contributed by atoms with Gasteiger partial charge in [-0.3, -0.25) is 19.4 Å². The van der Waals surface area contributed by atoms with E-state index in [1.54, 1.807) is 37.3 Å². The van der Waals surface area contributed by atoms with Crippen LogP contribution in [0.3, 0.4) is 0 Å². The van der Waals surface area contributed by atoms with E-state index in [4.69, 9.17) is 22.9 Å². The number of aliphatic imine (C=N–C) groups is 1. The molecule has 5 unspecified atom stereocenters. The predicted octanol–water partition coefficient (Wildman–Crippen LogP) is -0.676. The monoisotopic (exact) mass is 562 g/mol. The van der Waals surface area contributed by atoms with Gasteiger partial charge < -0.3 is 44.0 Å². The van der Waals surface area contributed by atoms with Crippen LogP contribution < -0.4 is 38.9 Å². The molecule has 13 nitrogen and oxygen atoms in total. The van der Waals surface area contributed by atoms with E-state index in [2.05, 4.69) is 20.9 Å². The molecule has 0 radical (unpaired) electrons. The zero-order valence-electron chi connectivity index (χ0n) is 23.5. The Morgan fingerprint density at radius 1 is 0.900 bits per heavy atom. The van der Waals surface area contributed by atoms with Crippen LogP contribution in [0.5, 0.6) is 0 Å². The fourth-order valence-corrected chi connectivity index (χ4v) is 3.96. The fraction of sp³-hybridized carbons (Fsp3) is 0.593. The van der Waals surface area contributed by atoms with Crippen molar-refractivity contribution < 1.29 is 24.3 Å². The SMILES string of the molecule is CCC(C)C(NC(=O)C(N)CCCCN)C(=O)NC(CCCN=C(N)N)C(=O)NC(Cc1ccccc1)C(=O)O. The van der Waals surface area contributed by atoms with Crippen molar-refractivity contribution in [3.05, 3.63) is 35.9 Å². The molecule has 0 bridgehead atoms. The standard InChI is InChI=1S/C27H46N8O5/c1-3-17(2)22(35-23(36)19(29)12-7-8-14-28)25(38)33-20(13-9-15-32-27(30)31)24(37)34-21(26(39)40)16-18-10-5-4-6-11-18/h4-6,10-11,17,19-22H,3,7-9,12-16,28-29H2,1-2H3,(H,33,38)(H,34,37)(H,35,36)(H,39,40)(H4,30,31,32). The third-order valence-corrected chi connectivity index (χ3v) is 6.57. The van der Waals surface area contributed by atoms with Crippen LogP contribution >= 0.6 is 0 Å². The third-order valence-electron chi connectivity index (χ3n) is 6.57. The van der Waals surface area contributed by atoms with E-state index in [-0.39, 0.29) is 31.3 Å². The van der Waals surface area contributed by atoms with E-state index in [0.717, 1.165) is 12.0 Å². The zero-order chi connectivity index (χ0) is 30.1. The number of unbranched alkanes of at least 4 members (excludes halogenated alkanes) is 1. The highest BCUT2D eigenvalue weighted by Gasteiger charge is 2.32. The number of guanidine groups is 1. The first-order chi connectivity index (χ1) is 19.0. The van der Waals surface area contributed by atoms with Crippen LogP contribution in [0.4, 0.5) is 0 Å². The lowest BCUT2D eigenvalue weighted by molar-refractivity contribution is -0.142. The minimum Gasteiger partial charge on any atom is -0.480 e. The number of rotatable bonds is 19. The molecule has 5 atom stereocenters. The van der Waals surface area contributed by atoms with E-state index in [9.17, 15) is 24.3 Å². The highest BCUT2D eigenvalue weighted by atomic mass is 16.4. The van der Waals surface area contributed by atoms with E-state index < -0.39 is 47.9 Å². The molecule has 12 N–H and O–H groups in total. The van der Waals surface area contributed by atoms with Crippen molar-refractivity contribution in [2.24, 2.45) is 33.8 Å². The maximum absolute atomic E-state index is 13.4. The largest absolute Gasteiger partial charge is 0.480 e. The van der Waals surface area contributed by atoms with Gasteiger partial charge in [0.15, 0.2) is 5.96 Å². The normalized spacial score (nSPS) is 14.6. The number of carboxylic acid groups (broad SMARTS) is 1. The molecule has 1 aromatic rings. The molecule has 40 heavy (non-hydrogen) atoms. The van der Waals surface area contributed by atoms with E-state index in [0.29, 0.717) is 32.2 Å². The Labute approximate surface area is 235 Å². The molecule has 0 heterocycles. The van der Waals surface area contributed by atoms with Crippen molar-refractivity contribution in [2.45, 2.75) is 83.0 Å². The maximum atomic E-state index is 13.4. The molecule has 1 rings (SSSR count). The second-order valence-electron chi connectivity index (χ2n) is 9.86. The van der Waals surface area contributed by atoms with Crippen LogP contribution in [0.15, 0.2) is 35.3 Å². The summed E-state index contributed by atoms with van der Waals surface area (Å²) in [7, 11) is 0. The molecule has 0 aliphatic carbocycles. The fourth-order valence-electron chi connectivity index (χ4n) is 3.96. The van der Waals surface area contributed by atoms with Gasteiger partial charge in [0.1, 0.15) is 18.1 Å². The summed E-state index contributed by atoms with van der Waals surface area (Å²) in [5.74, 6) is -3.31. The summed E-state index contributed by atoms with van der Waals surface area (Å²) in [4.78, 5) is 55.2. The minimum absolute atomic E-state index is 0.0597. The van der Waals surface area contributed by atoms with Gasteiger partial charge >= 0.3 is 5.97 Å². The summed E-state index contributed by atoms with van der Waals surface area (Å²) >= 11 is 0. The summed E-state index contributed by atoms with van der Waals surface area (Å²) in [6.45, 7) is 4.38. The lowest BCUT2D eigenvalue weighted by Crippen LogP contribution is -2.58. The van der Waals surface area contributed by atoms with Gasteiger partial charge in [0.25, 0.3) is 0 Å². The third kappa shape index (κ3) is 12.9. The van der Waals surface area contributed by atoms with Gasteiger partial charge in [0.05, 0.1) is 6.04 Å². The van der Waals surface area contributed by atoms with Gasteiger partial charge in [-0.05, 0) is 43.7 Å². The van der Waals surface area contributed by atoms with Crippen molar-refractivity contribution in [3.8, 4) is 0 Å². The van der Waals surface area contributed by atoms with Gasteiger partial charge in [0.2, 0.25) is 17.7 Å². The number of benzene rings is 1. The number of hydrogen-bond donors (Lipinski definition) is 8. The second-order valence-corrected chi connectivity index (χ2v) is 9.86. The van der Waals surface area contributed by atoms with Gasteiger partial charge in [-0.15, -0.1) is 0 Å². The molecule has 0 aliphatic heterocycles. The number of nitrogens with one attached hydrogen (secondary N) is 3. The summed E-state index contributed by atoms with van der Waals surface area (Å²) in [5.41, 5.74) is 23.0. The van der Waals surface area contributed by atoms with Gasteiger partial charge in [-0.2, -0.15) is 0 Å². The molecule has 0 aromatic heterocycles. The Balaban J connectivity index is 3.05. The molecule has 3 amide bonds. The Morgan fingerprint density at radius 2 is 1.55 bits per heavy atom. The zero-order valence-corrected chi connectivity index (χ0v) is 23.5. The smallest absolute Gasteiger partial charge is 0.326 e. The number of nitrogens with zero attached hydrogens (tertiary/aromatic N) is 1. The average Bonchev–Trinajstić information content (AvgIpc) is 2.92. The minimum atomic E-state index is -1.22. The number of nitrogens with two attached hydrogens (primary N) is 4. The average molecular weight is 563 g/mol. The van der Waals surface area contributed by atoms with Crippen molar-refractivity contribution in [3.63, 3.8) is 0 Å². The van der Waals surface area contributed by atoms with Crippen LogP contribution in [0, 0.1) is 5.92 Å². The van der Waals surface area contributed by atoms with Crippen molar-refractivity contribution in [1.29, 1.82) is 0 Å². The Bertz CT molecular complexity index is 971. The van der Waals surface area contributed by atoms with Crippen LogP contribution in [-0.2, 0) is 25.6 Å². The first-order valence-electron chi connectivity index (χ1n) is 13.7. The van der Waals surface area contributed by atoms with E-state index in [1.165, 1.54) is 0 Å². The number of carbonyl (C=O) groups is 4. The molecule has 13 heteroatoms. The van der Waals surface area contributed by atoms with Crippen LogP contribution in [0.25, 0.3) is 0 Å². The van der Waals surface area contributed by atoms with Gasteiger partial charge in [0, 0.05) is 13.0 Å². The van der Waals surface area contributed by atoms with Gasteiger partial charge in [-0.25, -0.2) is 4.79 Å². The molecule has 0 saturated heterocycles. The number of aliphatic carboxylic acids is 1. The number of carboxylic acids is 1. The first-order valence-corrected chi connectivity index (χ1v) is 13.7. The highest BCUT2D eigenvalue weighted by Crippen LogP contribution is 2.11. The Hall–Kier alpha value is -3.71. The molecular weight excluding hydrogens is 516 g/mol. The lowest BCUT2D eigenvalue weighted by atomic mass is 9.96. The van der Waals surface area contributed by atoms with E-state index in [1.807, 2.05) is 6.92 Å². The molecule has 0 spiro atoms. The predicted molar refractivity (Wildman–Crippen MR) is 154 cm³/mol. The number of amides is 3. The molecule has 0 aliphatic rings. The molecule has 0 fully saturated rings. The lowest BCUT2D eigenvalue weighted by Gasteiger charge is -2.28. The topological polar surface area (TPSA) is 241 Å². The van der Waals surface area contributed by atoms with E-state index >= 15 is 0 Å². The van der Waals surface area contributed by atoms with Crippen molar-refractivity contribution in [1.82, 2.24) is 16.0 Å². The van der Waals surface area contributed by atoms with Gasteiger partial charge in [-0.1, -0.05) is 57.0 Å². The Kier molecular flexibility index (Phi) is 15.9. The Morgan fingerprint density at radius 3 is 2.12 bits per heavy atom. The molecular formula is C27H46N8O5. The number of hydrogen-bond acceptors (Lipinski definition) is 7. The van der Waals surface area contributed by atoms with Crippen molar-refractivity contribution >= 4 is 29.7 Å². The van der Waals surface area contributed by atoms with Crippen LogP contribution in [0.2, 0.25) is 0 Å². The first kappa shape index (κ1) is 34.3. The second kappa shape index (κ2) is 18.6. The molecule has 224 valence electrons. The summed E-state index contributed by atoms with van der Waals surface area (Å²) < 4.78 is 0. The van der Waals surface area contributed by atoms with Crippen molar-refractivity contribution in [2.75, 3.05) is 13.1 Å². The molecule has 0 saturated carbocycles. The maximum Gasteiger partial charge on any atom is 0.326 e. The quantitative estimate of drug-likeness (QED) is 0.0604. The highest BCUT2D eigenvalue weighted by molar-refractivity contribution is 5.94. The summed E-state index contributed by atoms with van der Waals surface area (Å²) in [6.07, 6.45) is 2.92. The summed E-state index contributed by atoms with van der Waals surface area (Å²) in [6, 6.07) is 4.80. The summed E-state index contributed by atoms with van der Waals surface area (Å²) in [5, 5.41) is 17.7. The van der Waals surface area contributed by atoms with Crippen LogP contribution in [0.1, 0.15) is 57.9 Å². The number of carbonyl (C=O) groups excluding carboxylic acids is 3. The van der Waals surface area contributed by atoms with Crippen LogP contribution in [-0.4, -0.2) is 72.0 Å². The molecule has 1 aromatic carbocycles.